The highest BCUT2D eigenvalue weighted by Gasteiger charge is 2.43. The molecular formula is C24H27NO4. The molecule has 1 heterocycles. The number of anilines is 1. The molecule has 0 bridgehead atoms. The number of hydrogen-bond acceptors (Lipinski definition) is 4. The number of amides is 1. The maximum atomic E-state index is 13.0. The Kier molecular flexibility index (Phi) is 5.51. The fourth-order valence-corrected chi connectivity index (χ4v) is 3.57. The first-order valence-electron chi connectivity index (χ1n) is 9.73. The van der Waals surface area contributed by atoms with Gasteiger partial charge in [-0.2, -0.15) is 0 Å². The highest BCUT2D eigenvalue weighted by molar-refractivity contribution is 6.16. The molecule has 0 saturated heterocycles. The lowest BCUT2D eigenvalue weighted by Gasteiger charge is -2.28. The highest BCUT2D eigenvalue weighted by atomic mass is 16.5. The number of aliphatic hydroxyl groups excluding tert-OH is 1. The summed E-state index contributed by atoms with van der Waals surface area (Å²) in [6.45, 7) is 8.08. The summed E-state index contributed by atoms with van der Waals surface area (Å²) >= 11 is 0. The second-order valence-corrected chi connectivity index (χ2v) is 8.19. The van der Waals surface area contributed by atoms with Crippen molar-refractivity contribution in [3.05, 3.63) is 71.0 Å². The van der Waals surface area contributed by atoms with E-state index in [0.29, 0.717) is 11.4 Å². The van der Waals surface area contributed by atoms with Gasteiger partial charge in [-0.25, -0.2) is 0 Å². The van der Waals surface area contributed by atoms with Crippen LogP contribution in [0.15, 0.2) is 59.9 Å². The molecule has 5 heteroatoms. The number of nitrogens with zero attached hydrogens (tertiary/aromatic N) is 1. The first-order chi connectivity index (χ1) is 13.7. The van der Waals surface area contributed by atoms with E-state index in [0.717, 1.165) is 11.1 Å². The van der Waals surface area contributed by atoms with Crippen LogP contribution in [0.1, 0.15) is 51.3 Å². The number of rotatable bonds is 5. The molecule has 2 aromatic carbocycles. The normalized spacial score (nSPS) is 17.1. The smallest absolute Gasteiger partial charge is 0.294 e. The van der Waals surface area contributed by atoms with E-state index in [1.807, 2.05) is 36.4 Å². The Bertz CT molecular complexity index is 950. The molecule has 1 unspecified atom stereocenters. The van der Waals surface area contributed by atoms with Crippen molar-refractivity contribution in [3.63, 3.8) is 0 Å². The van der Waals surface area contributed by atoms with Crippen molar-refractivity contribution >= 4 is 17.4 Å². The third-order valence-electron chi connectivity index (χ3n) is 5.27. The predicted octanol–water partition coefficient (Wildman–Crippen LogP) is 4.87. The lowest BCUT2D eigenvalue weighted by atomic mass is 9.87. The van der Waals surface area contributed by atoms with E-state index < -0.39 is 17.7 Å². The molecule has 152 valence electrons. The van der Waals surface area contributed by atoms with Crippen molar-refractivity contribution in [3.8, 4) is 5.75 Å². The van der Waals surface area contributed by atoms with Crippen molar-refractivity contribution in [1.29, 1.82) is 0 Å². The number of aliphatic hydroxyl groups is 1. The number of carbonyl (C=O) groups excluding carboxylic acids is 2. The zero-order valence-corrected chi connectivity index (χ0v) is 17.5. The lowest BCUT2D eigenvalue weighted by molar-refractivity contribution is -0.118. The first-order valence-corrected chi connectivity index (χ1v) is 9.73. The van der Waals surface area contributed by atoms with Gasteiger partial charge in [0.05, 0.1) is 18.7 Å². The van der Waals surface area contributed by atoms with Gasteiger partial charge in [0.1, 0.15) is 5.75 Å². The van der Waals surface area contributed by atoms with Gasteiger partial charge in [-0.05, 0) is 40.8 Å². The van der Waals surface area contributed by atoms with Gasteiger partial charge in [-0.15, -0.1) is 0 Å². The largest absolute Gasteiger partial charge is 0.503 e. The van der Waals surface area contributed by atoms with Crippen molar-refractivity contribution < 1.29 is 19.4 Å². The van der Waals surface area contributed by atoms with Crippen LogP contribution in [0, 0.1) is 0 Å². The Morgan fingerprint density at radius 3 is 2.14 bits per heavy atom. The van der Waals surface area contributed by atoms with Gasteiger partial charge >= 0.3 is 0 Å². The van der Waals surface area contributed by atoms with Crippen molar-refractivity contribution in [2.45, 2.75) is 45.6 Å². The molecule has 5 nitrogen and oxygen atoms in total. The maximum Gasteiger partial charge on any atom is 0.294 e. The minimum absolute atomic E-state index is 0.0212. The van der Waals surface area contributed by atoms with E-state index in [2.05, 4.69) is 20.8 Å². The minimum Gasteiger partial charge on any atom is -0.503 e. The van der Waals surface area contributed by atoms with E-state index >= 15 is 0 Å². The number of carbonyl (C=O) groups is 2. The third kappa shape index (κ3) is 3.77. The van der Waals surface area contributed by atoms with Crippen molar-refractivity contribution in [1.82, 2.24) is 0 Å². The molecular weight excluding hydrogens is 366 g/mol. The summed E-state index contributed by atoms with van der Waals surface area (Å²) in [6.07, 6.45) is 0.204. The monoisotopic (exact) mass is 393 g/mol. The zero-order valence-electron chi connectivity index (χ0n) is 17.5. The van der Waals surface area contributed by atoms with E-state index in [4.69, 9.17) is 4.74 Å². The van der Waals surface area contributed by atoms with Gasteiger partial charge in [-0.1, -0.05) is 52.0 Å². The fraction of sp³-hybridized carbons (Fsp3) is 0.333. The quantitative estimate of drug-likeness (QED) is 0.787. The molecule has 0 saturated carbocycles. The molecule has 0 aliphatic carbocycles. The van der Waals surface area contributed by atoms with Gasteiger partial charge < -0.3 is 9.84 Å². The van der Waals surface area contributed by atoms with Gasteiger partial charge in [0.25, 0.3) is 5.91 Å². The van der Waals surface area contributed by atoms with Crippen LogP contribution in [-0.2, 0) is 15.0 Å². The highest BCUT2D eigenvalue weighted by Crippen LogP contribution is 2.42. The van der Waals surface area contributed by atoms with Crippen LogP contribution in [0.3, 0.4) is 0 Å². The second-order valence-electron chi connectivity index (χ2n) is 8.19. The number of ether oxygens (including phenoxy) is 1. The summed E-state index contributed by atoms with van der Waals surface area (Å²) in [7, 11) is 1.58. The van der Waals surface area contributed by atoms with Crippen LogP contribution in [0.2, 0.25) is 0 Å². The Balaban J connectivity index is 2.11. The maximum absolute atomic E-state index is 13.0. The predicted molar refractivity (Wildman–Crippen MR) is 113 cm³/mol. The molecule has 1 aliphatic rings. The van der Waals surface area contributed by atoms with E-state index in [-0.39, 0.29) is 23.2 Å². The number of hydrogen-bond donors (Lipinski definition) is 1. The van der Waals surface area contributed by atoms with Gasteiger partial charge in [0.15, 0.2) is 11.5 Å². The molecule has 29 heavy (non-hydrogen) atoms. The van der Waals surface area contributed by atoms with Crippen LogP contribution in [-0.4, -0.2) is 23.9 Å². The molecule has 0 fully saturated rings. The Morgan fingerprint density at radius 2 is 1.66 bits per heavy atom. The molecule has 0 radical (unpaired) electrons. The standard InChI is InChI=1S/C24H27NO4/c1-6-19(26)20-21(15-7-13-18(29-5)14-8-15)25(23(28)22(20)27)17-11-9-16(10-12-17)24(2,3)4/h7-14,21,27H,6H2,1-5H3. The SMILES string of the molecule is CCC(=O)C1=C(O)C(=O)N(c2ccc(C(C)(C)C)cc2)C1c1ccc(OC)cc1. The number of benzene rings is 2. The topological polar surface area (TPSA) is 66.8 Å². The summed E-state index contributed by atoms with van der Waals surface area (Å²) in [6, 6.07) is 14.2. The van der Waals surface area contributed by atoms with Crippen LogP contribution in [0.5, 0.6) is 5.75 Å². The molecule has 1 N–H and O–H groups in total. The van der Waals surface area contributed by atoms with Crippen molar-refractivity contribution in [2.75, 3.05) is 12.0 Å². The molecule has 1 aliphatic heterocycles. The van der Waals surface area contributed by atoms with Gasteiger partial charge in [-0.3, -0.25) is 14.5 Å². The zero-order chi connectivity index (χ0) is 21.3. The Labute approximate surface area is 171 Å². The minimum atomic E-state index is -0.679. The van der Waals surface area contributed by atoms with Crippen LogP contribution in [0.4, 0.5) is 5.69 Å². The van der Waals surface area contributed by atoms with Crippen LogP contribution < -0.4 is 9.64 Å². The molecule has 1 amide bonds. The van der Waals surface area contributed by atoms with Crippen molar-refractivity contribution in [2.24, 2.45) is 0 Å². The summed E-state index contributed by atoms with van der Waals surface area (Å²) in [5, 5.41) is 10.5. The van der Waals surface area contributed by atoms with Crippen LogP contribution >= 0.6 is 0 Å². The molecule has 0 spiro atoms. The molecule has 3 rings (SSSR count). The summed E-state index contributed by atoms with van der Waals surface area (Å²) < 4.78 is 5.22. The average molecular weight is 393 g/mol. The third-order valence-corrected chi connectivity index (χ3v) is 5.27. The Hall–Kier alpha value is -3.08. The Morgan fingerprint density at radius 1 is 1.07 bits per heavy atom. The molecule has 2 aromatic rings. The first kappa shape index (κ1) is 20.6. The van der Waals surface area contributed by atoms with Gasteiger partial charge in [0.2, 0.25) is 0 Å². The summed E-state index contributed by atoms with van der Waals surface area (Å²) in [4.78, 5) is 27.1. The lowest BCUT2D eigenvalue weighted by Crippen LogP contribution is -2.31. The fourth-order valence-electron chi connectivity index (χ4n) is 3.57. The summed E-state index contributed by atoms with van der Waals surface area (Å²) in [5.74, 6) is -0.607. The average Bonchev–Trinajstić information content (AvgIpc) is 2.98. The van der Waals surface area contributed by atoms with Gasteiger partial charge in [0, 0.05) is 12.1 Å². The van der Waals surface area contributed by atoms with Crippen LogP contribution in [0.25, 0.3) is 0 Å². The molecule has 1 atom stereocenters. The van der Waals surface area contributed by atoms with E-state index in [1.165, 1.54) is 4.90 Å². The number of ketones is 1. The second kappa shape index (κ2) is 7.74. The molecule has 0 aromatic heterocycles. The number of methoxy groups -OCH3 is 1. The number of Topliss-reactive ketones (excluding diaryl/α,β-unsaturated/α-hetero) is 1. The summed E-state index contributed by atoms with van der Waals surface area (Å²) in [5.41, 5.74) is 2.62. The van der Waals surface area contributed by atoms with E-state index in [1.54, 1.807) is 26.2 Å². The van der Waals surface area contributed by atoms with E-state index in [9.17, 15) is 14.7 Å².